The molecule has 30 heavy (non-hydrogen) atoms. The predicted molar refractivity (Wildman–Crippen MR) is 116 cm³/mol. The van der Waals surface area contributed by atoms with E-state index in [2.05, 4.69) is 25.3 Å². The average molecular weight is 419 g/mol. The van der Waals surface area contributed by atoms with Crippen molar-refractivity contribution in [2.24, 2.45) is 0 Å². The molecular weight excluding hydrogens is 403 g/mol. The Hall–Kier alpha value is -3.58. The molecule has 2 N–H and O–H groups in total. The van der Waals surface area contributed by atoms with Crippen LogP contribution in [0.2, 0.25) is 5.02 Å². The van der Waals surface area contributed by atoms with Crippen LogP contribution in [-0.4, -0.2) is 24.9 Å². The number of fused-ring (bicyclic) bond motifs is 2. The summed E-state index contributed by atoms with van der Waals surface area (Å²) in [6.45, 7) is 1.98. The molecule has 0 aliphatic heterocycles. The number of rotatable bonds is 4. The topological polar surface area (TPSA) is 79.4 Å². The van der Waals surface area contributed by atoms with Crippen molar-refractivity contribution in [1.29, 1.82) is 0 Å². The lowest BCUT2D eigenvalue weighted by atomic mass is 9.98. The molecule has 0 fully saturated rings. The fraction of sp³-hybridized carbons (Fsp3) is 0.0909. The summed E-state index contributed by atoms with van der Waals surface area (Å²) in [6, 6.07) is 13.8. The molecule has 0 radical (unpaired) electrons. The zero-order chi connectivity index (χ0) is 20.7. The Morgan fingerprint density at radius 1 is 1.07 bits per heavy atom. The molecule has 0 amide bonds. The summed E-state index contributed by atoms with van der Waals surface area (Å²) in [4.78, 5) is 20.6. The lowest BCUT2D eigenvalue weighted by molar-refractivity contribution is 0.628. The van der Waals surface area contributed by atoms with Crippen molar-refractivity contribution in [3.63, 3.8) is 0 Å². The lowest BCUT2D eigenvalue weighted by Gasteiger charge is -2.19. The number of aromatic amines is 1. The number of hydrogen-bond donors (Lipinski definition) is 2. The second kappa shape index (κ2) is 7.35. The highest BCUT2D eigenvalue weighted by Gasteiger charge is 2.18. The van der Waals surface area contributed by atoms with Gasteiger partial charge in [-0.2, -0.15) is 0 Å². The lowest BCUT2D eigenvalue weighted by Crippen LogP contribution is -2.12. The van der Waals surface area contributed by atoms with Gasteiger partial charge in [0, 0.05) is 16.0 Å². The van der Waals surface area contributed by atoms with Gasteiger partial charge in [-0.25, -0.2) is 24.3 Å². The van der Waals surface area contributed by atoms with Crippen molar-refractivity contribution in [1.82, 2.24) is 24.9 Å². The van der Waals surface area contributed by atoms with Gasteiger partial charge in [0.15, 0.2) is 11.5 Å². The molecule has 0 unspecified atom stereocenters. The maximum atomic E-state index is 14.0. The largest absolute Gasteiger partial charge is 0.360 e. The van der Waals surface area contributed by atoms with Crippen molar-refractivity contribution in [2.75, 3.05) is 5.32 Å². The highest BCUT2D eigenvalue weighted by atomic mass is 35.5. The van der Waals surface area contributed by atoms with E-state index in [-0.39, 0.29) is 11.9 Å². The molecule has 0 saturated carbocycles. The van der Waals surface area contributed by atoms with E-state index in [1.165, 1.54) is 18.5 Å². The number of halogens is 2. The Labute approximate surface area is 176 Å². The highest BCUT2D eigenvalue weighted by Crippen LogP contribution is 2.34. The molecule has 0 bridgehead atoms. The van der Waals surface area contributed by atoms with Crippen LogP contribution < -0.4 is 5.32 Å². The van der Waals surface area contributed by atoms with Crippen molar-refractivity contribution >= 4 is 39.5 Å². The Morgan fingerprint density at radius 2 is 1.93 bits per heavy atom. The van der Waals surface area contributed by atoms with Gasteiger partial charge in [-0.05, 0) is 42.8 Å². The predicted octanol–water partition coefficient (Wildman–Crippen LogP) is 5.53. The molecule has 2 aromatic carbocycles. The summed E-state index contributed by atoms with van der Waals surface area (Å²) in [5.74, 6) is 0.302. The molecule has 5 aromatic rings. The standard InChI is InChI=1S/C22H16ClFN6/c1-12(29-22-20-21(26-10-25-20)27-11-28-22)19-15(13-4-2-5-14(24)8-13)9-16-17(23)6-3-7-18(16)30-19/h2-12H,1H3,(H2,25,26,27,28,29)/t12-/m1/s1. The maximum absolute atomic E-state index is 14.0. The van der Waals surface area contributed by atoms with Crippen LogP contribution in [0.25, 0.3) is 33.2 Å². The van der Waals surface area contributed by atoms with Crippen molar-refractivity contribution in [3.05, 3.63) is 77.7 Å². The van der Waals surface area contributed by atoms with E-state index < -0.39 is 0 Å². The number of anilines is 1. The van der Waals surface area contributed by atoms with Crippen LogP contribution in [0.3, 0.4) is 0 Å². The van der Waals surface area contributed by atoms with Crippen LogP contribution in [-0.2, 0) is 0 Å². The first-order chi connectivity index (χ1) is 14.6. The van der Waals surface area contributed by atoms with Crippen molar-refractivity contribution in [2.45, 2.75) is 13.0 Å². The zero-order valence-electron chi connectivity index (χ0n) is 15.9. The fourth-order valence-electron chi connectivity index (χ4n) is 3.54. The van der Waals surface area contributed by atoms with Gasteiger partial charge >= 0.3 is 0 Å². The van der Waals surface area contributed by atoms with Gasteiger partial charge in [0.2, 0.25) is 0 Å². The fourth-order valence-corrected chi connectivity index (χ4v) is 3.76. The summed E-state index contributed by atoms with van der Waals surface area (Å²) >= 11 is 6.40. The third-order valence-electron chi connectivity index (χ3n) is 4.96. The van der Waals surface area contributed by atoms with Crippen LogP contribution in [0.15, 0.2) is 61.2 Å². The van der Waals surface area contributed by atoms with Crippen molar-refractivity contribution < 1.29 is 4.39 Å². The van der Waals surface area contributed by atoms with E-state index in [1.807, 2.05) is 37.3 Å². The molecule has 0 aliphatic rings. The van der Waals surface area contributed by atoms with Crippen LogP contribution in [0.5, 0.6) is 0 Å². The van der Waals surface area contributed by atoms with Crippen LogP contribution in [0.1, 0.15) is 18.7 Å². The number of aromatic nitrogens is 5. The molecule has 3 heterocycles. The number of nitrogens with zero attached hydrogens (tertiary/aromatic N) is 4. The molecular formula is C22H16ClFN6. The third kappa shape index (κ3) is 3.23. The van der Waals surface area contributed by atoms with Crippen LogP contribution >= 0.6 is 11.6 Å². The summed E-state index contributed by atoms with van der Waals surface area (Å²) in [5, 5.41) is 4.79. The van der Waals surface area contributed by atoms with E-state index in [1.54, 1.807) is 12.4 Å². The summed E-state index contributed by atoms with van der Waals surface area (Å²) < 4.78 is 14.0. The van der Waals surface area contributed by atoms with E-state index >= 15 is 0 Å². The first kappa shape index (κ1) is 18.4. The van der Waals surface area contributed by atoms with Crippen LogP contribution in [0.4, 0.5) is 10.2 Å². The van der Waals surface area contributed by atoms with Crippen molar-refractivity contribution in [3.8, 4) is 11.1 Å². The average Bonchev–Trinajstić information content (AvgIpc) is 3.23. The normalized spacial score (nSPS) is 12.4. The Balaban J connectivity index is 1.66. The van der Waals surface area contributed by atoms with Crippen LogP contribution in [0, 0.1) is 5.82 Å². The quantitative estimate of drug-likeness (QED) is 0.401. The number of nitrogens with one attached hydrogen (secondary N) is 2. The second-order valence-electron chi connectivity index (χ2n) is 6.93. The number of benzene rings is 2. The molecule has 5 rings (SSSR count). The molecule has 0 spiro atoms. The second-order valence-corrected chi connectivity index (χ2v) is 7.33. The van der Waals surface area contributed by atoms with Gasteiger partial charge in [0.05, 0.1) is 23.6 Å². The smallest absolute Gasteiger partial charge is 0.182 e. The molecule has 0 aliphatic carbocycles. The molecule has 148 valence electrons. The summed E-state index contributed by atoms with van der Waals surface area (Å²) in [7, 11) is 0. The number of H-pyrrole nitrogens is 1. The molecule has 0 saturated heterocycles. The molecule has 6 nitrogen and oxygen atoms in total. The van der Waals surface area contributed by atoms with Gasteiger partial charge < -0.3 is 10.3 Å². The van der Waals surface area contributed by atoms with Gasteiger partial charge in [-0.1, -0.05) is 29.8 Å². The minimum Gasteiger partial charge on any atom is -0.360 e. The van der Waals surface area contributed by atoms with E-state index in [0.717, 1.165) is 27.7 Å². The minimum atomic E-state index is -0.312. The summed E-state index contributed by atoms with van der Waals surface area (Å²) in [6.07, 6.45) is 3.03. The first-order valence-corrected chi connectivity index (χ1v) is 9.73. The summed E-state index contributed by atoms with van der Waals surface area (Å²) in [5.41, 5.74) is 4.32. The van der Waals surface area contributed by atoms with Gasteiger partial charge in [-0.15, -0.1) is 0 Å². The monoisotopic (exact) mass is 418 g/mol. The molecule has 1 atom stereocenters. The van der Waals surface area contributed by atoms with E-state index in [0.29, 0.717) is 22.0 Å². The van der Waals surface area contributed by atoms with Gasteiger partial charge in [0.1, 0.15) is 17.7 Å². The Morgan fingerprint density at radius 3 is 2.80 bits per heavy atom. The van der Waals surface area contributed by atoms with Gasteiger partial charge in [-0.3, -0.25) is 0 Å². The first-order valence-electron chi connectivity index (χ1n) is 9.36. The van der Waals surface area contributed by atoms with Gasteiger partial charge in [0.25, 0.3) is 0 Å². The SMILES string of the molecule is C[C@@H](Nc1ncnc2nc[nH]c12)c1nc2cccc(Cl)c2cc1-c1cccc(F)c1. The molecule has 8 heteroatoms. The zero-order valence-corrected chi connectivity index (χ0v) is 16.7. The number of imidazole rings is 1. The third-order valence-corrected chi connectivity index (χ3v) is 5.29. The highest BCUT2D eigenvalue weighted by molar-refractivity contribution is 6.35. The minimum absolute atomic E-state index is 0.243. The number of pyridine rings is 1. The van der Waals surface area contributed by atoms with E-state index in [4.69, 9.17) is 16.6 Å². The van der Waals surface area contributed by atoms with E-state index in [9.17, 15) is 4.39 Å². The Kier molecular flexibility index (Phi) is 4.52. The maximum Gasteiger partial charge on any atom is 0.182 e. The number of hydrogen-bond acceptors (Lipinski definition) is 5. The Bertz CT molecular complexity index is 1380. The molecule has 3 aromatic heterocycles.